The number of aromatic nitrogens is 2. The molecule has 0 aliphatic carbocycles. The summed E-state index contributed by atoms with van der Waals surface area (Å²) in [7, 11) is 1.76. The van der Waals surface area contributed by atoms with Crippen molar-refractivity contribution in [2.45, 2.75) is 33.0 Å². The molecule has 0 saturated heterocycles. The summed E-state index contributed by atoms with van der Waals surface area (Å²) in [4.78, 5) is 20.7. The van der Waals surface area contributed by atoms with Crippen LogP contribution in [-0.4, -0.2) is 35.7 Å². The Hall–Kier alpha value is -2.84. The summed E-state index contributed by atoms with van der Waals surface area (Å²) in [6, 6.07) is 6.04. The smallest absolute Gasteiger partial charge is 0.422 e. The molecule has 0 saturated carbocycles. The monoisotopic (exact) mass is 382 g/mol. The second kappa shape index (κ2) is 8.24. The Kier molecular flexibility index (Phi) is 6.24. The minimum atomic E-state index is -4.45. The molecular weight excluding hydrogens is 361 g/mol. The molecule has 2 aromatic heterocycles. The first-order chi connectivity index (χ1) is 12.6. The largest absolute Gasteiger partial charge is 0.468 e. The molecule has 0 aliphatic heterocycles. The maximum atomic E-state index is 12.5. The van der Waals surface area contributed by atoms with Crippen molar-refractivity contribution in [1.29, 1.82) is 0 Å². The van der Waals surface area contributed by atoms with E-state index in [1.165, 1.54) is 19.1 Å². The fourth-order valence-corrected chi connectivity index (χ4v) is 2.45. The fourth-order valence-electron chi connectivity index (χ4n) is 2.45. The molecule has 2 rings (SSSR count). The number of amides is 1. The van der Waals surface area contributed by atoms with Gasteiger partial charge in [-0.3, -0.25) is 4.79 Å². The van der Waals surface area contributed by atoms with Gasteiger partial charge in [0.05, 0.1) is 17.3 Å². The first-order valence-corrected chi connectivity index (χ1v) is 8.23. The fraction of sp³-hybridized carbons (Fsp3) is 0.389. The van der Waals surface area contributed by atoms with Crippen molar-refractivity contribution in [1.82, 2.24) is 15.3 Å². The molecule has 1 unspecified atom stereocenters. The lowest BCUT2D eigenvalue weighted by Gasteiger charge is -2.17. The second-order valence-corrected chi connectivity index (χ2v) is 6.06. The van der Waals surface area contributed by atoms with Crippen molar-refractivity contribution < 1.29 is 22.7 Å². The van der Waals surface area contributed by atoms with E-state index >= 15 is 0 Å². The summed E-state index contributed by atoms with van der Waals surface area (Å²) in [5, 5.41) is 5.81. The van der Waals surface area contributed by atoms with E-state index in [9.17, 15) is 18.0 Å². The van der Waals surface area contributed by atoms with Gasteiger partial charge in [0.1, 0.15) is 5.82 Å². The Balaban J connectivity index is 2.10. The van der Waals surface area contributed by atoms with Gasteiger partial charge >= 0.3 is 6.18 Å². The number of hydrogen-bond donors (Lipinski definition) is 2. The third-order valence-corrected chi connectivity index (χ3v) is 3.77. The van der Waals surface area contributed by atoms with Crippen LogP contribution < -0.4 is 15.4 Å². The van der Waals surface area contributed by atoms with Crippen LogP contribution in [0.4, 0.5) is 19.0 Å². The van der Waals surface area contributed by atoms with Crippen molar-refractivity contribution >= 4 is 11.7 Å². The zero-order valence-electron chi connectivity index (χ0n) is 15.4. The van der Waals surface area contributed by atoms with Crippen molar-refractivity contribution in [2.75, 3.05) is 19.0 Å². The number of pyridine rings is 2. The highest BCUT2D eigenvalue weighted by molar-refractivity contribution is 5.95. The van der Waals surface area contributed by atoms with E-state index in [-0.39, 0.29) is 29.1 Å². The molecule has 0 aliphatic rings. The number of carbonyl (C=O) groups excluding carboxylic acids is 1. The van der Waals surface area contributed by atoms with Gasteiger partial charge in [-0.05, 0) is 44.5 Å². The highest BCUT2D eigenvalue weighted by atomic mass is 19.4. The summed E-state index contributed by atoms with van der Waals surface area (Å²) in [6.45, 7) is 3.79. The lowest BCUT2D eigenvalue weighted by molar-refractivity contribution is -0.154. The third-order valence-electron chi connectivity index (χ3n) is 3.77. The van der Waals surface area contributed by atoms with Crippen LogP contribution in [0, 0.1) is 13.8 Å². The van der Waals surface area contributed by atoms with E-state index < -0.39 is 12.8 Å². The number of rotatable bonds is 6. The lowest BCUT2D eigenvalue weighted by atomic mass is 10.1. The molecule has 1 amide bonds. The summed E-state index contributed by atoms with van der Waals surface area (Å²) in [5.41, 5.74) is 2.22. The van der Waals surface area contributed by atoms with Gasteiger partial charge in [-0.25, -0.2) is 9.97 Å². The van der Waals surface area contributed by atoms with E-state index in [4.69, 9.17) is 0 Å². The normalized spacial score (nSPS) is 12.4. The average Bonchev–Trinajstić information content (AvgIpc) is 2.58. The Morgan fingerprint density at radius 1 is 1.22 bits per heavy atom. The maximum absolute atomic E-state index is 12.5. The van der Waals surface area contributed by atoms with Crippen LogP contribution in [-0.2, 0) is 0 Å². The van der Waals surface area contributed by atoms with Crippen molar-refractivity contribution in [2.24, 2.45) is 0 Å². The summed E-state index contributed by atoms with van der Waals surface area (Å²) < 4.78 is 41.2. The molecule has 2 heterocycles. The molecule has 0 spiro atoms. The number of aryl methyl sites for hydroxylation is 2. The standard InChI is InChI=1S/C18H21F3N4O2/c1-10-7-13(8-15(22-4)23-10)11(2)25-17(26)14-5-6-16(24-12(14)3)27-9-18(19,20)21/h5-8,11H,9H2,1-4H3,(H,22,23)(H,25,26). The molecule has 2 aromatic rings. The minimum Gasteiger partial charge on any atom is -0.468 e. The van der Waals surface area contributed by atoms with E-state index in [1.54, 1.807) is 7.05 Å². The number of nitrogens with zero attached hydrogens (tertiary/aromatic N) is 2. The quantitative estimate of drug-likeness (QED) is 0.799. The number of carbonyl (C=O) groups is 1. The van der Waals surface area contributed by atoms with E-state index in [1.807, 2.05) is 26.0 Å². The zero-order valence-corrected chi connectivity index (χ0v) is 15.4. The van der Waals surface area contributed by atoms with Gasteiger partial charge in [0, 0.05) is 18.8 Å². The lowest BCUT2D eigenvalue weighted by Crippen LogP contribution is -2.28. The van der Waals surface area contributed by atoms with Crippen LogP contribution in [0.25, 0.3) is 0 Å². The Morgan fingerprint density at radius 3 is 2.52 bits per heavy atom. The third kappa shape index (κ3) is 5.83. The van der Waals surface area contributed by atoms with Crippen molar-refractivity contribution in [3.05, 3.63) is 46.8 Å². The van der Waals surface area contributed by atoms with Gasteiger partial charge in [-0.1, -0.05) is 0 Å². The van der Waals surface area contributed by atoms with Gasteiger partial charge in [0.15, 0.2) is 6.61 Å². The van der Waals surface area contributed by atoms with Crippen LogP contribution in [0.2, 0.25) is 0 Å². The van der Waals surface area contributed by atoms with Crippen molar-refractivity contribution in [3.63, 3.8) is 0 Å². The predicted molar refractivity (Wildman–Crippen MR) is 94.9 cm³/mol. The van der Waals surface area contributed by atoms with Gasteiger partial charge < -0.3 is 15.4 Å². The number of ether oxygens (including phenoxy) is 1. The predicted octanol–water partition coefficient (Wildman–Crippen LogP) is 3.57. The highest BCUT2D eigenvalue weighted by Crippen LogP contribution is 2.20. The van der Waals surface area contributed by atoms with Gasteiger partial charge in [0.25, 0.3) is 5.91 Å². The van der Waals surface area contributed by atoms with Gasteiger partial charge in [-0.15, -0.1) is 0 Å². The van der Waals surface area contributed by atoms with Crippen LogP contribution in [0.3, 0.4) is 0 Å². The van der Waals surface area contributed by atoms with E-state index in [2.05, 4.69) is 25.3 Å². The molecule has 0 fully saturated rings. The topological polar surface area (TPSA) is 76.1 Å². The molecule has 146 valence electrons. The number of hydrogen-bond acceptors (Lipinski definition) is 5. The Morgan fingerprint density at radius 2 is 1.93 bits per heavy atom. The summed E-state index contributed by atoms with van der Waals surface area (Å²) in [5.74, 6) is 0.128. The van der Waals surface area contributed by atoms with Crippen LogP contribution >= 0.6 is 0 Å². The zero-order chi connectivity index (χ0) is 20.2. The number of anilines is 1. The number of alkyl halides is 3. The molecule has 9 heteroatoms. The van der Waals surface area contributed by atoms with Crippen LogP contribution in [0.5, 0.6) is 5.88 Å². The highest BCUT2D eigenvalue weighted by Gasteiger charge is 2.28. The molecule has 27 heavy (non-hydrogen) atoms. The second-order valence-electron chi connectivity index (χ2n) is 6.06. The van der Waals surface area contributed by atoms with Gasteiger partial charge in [0.2, 0.25) is 5.88 Å². The van der Waals surface area contributed by atoms with Crippen LogP contribution in [0.15, 0.2) is 24.3 Å². The molecule has 6 nitrogen and oxygen atoms in total. The Bertz CT molecular complexity index is 825. The molecule has 0 aromatic carbocycles. The molecular formula is C18H21F3N4O2. The van der Waals surface area contributed by atoms with Crippen molar-refractivity contribution in [3.8, 4) is 5.88 Å². The average molecular weight is 382 g/mol. The number of nitrogens with one attached hydrogen (secondary N) is 2. The number of halogens is 3. The summed E-state index contributed by atoms with van der Waals surface area (Å²) >= 11 is 0. The molecule has 1 atom stereocenters. The molecule has 2 N–H and O–H groups in total. The van der Waals surface area contributed by atoms with E-state index in [0.717, 1.165) is 11.3 Å². The Labute approximate surface area is 155 Å². The molecule has 0 radical (unpaired) electrons. The first-order valence-electron chi connectivity index (χ1n) is 8.23. The van der Waals surface area contributed by atoms with Gasteiger partial charge in [-0.2, -0.15) is 13.2 Å². The SMILES string of the molecule is CNc1cc(C(C)NC(=O)c2ccc(OCC(F)(F)F)nc2C)cc(C)n1. The van der Waals surface area contributed by atoms with E-state index in [0.29, 0.717) is 5.82 Å². The van der Waals surface area contributed by atoms with Crippen LogP contribution in [0.1, 0.15) is 40.3 Å². The minimum absolute atomic E-state index is 0.183. The molecule has 0 bridgehead atoms. The maximum Gasteiger partial charge on any atom is 0.422 e. The summed E-state index contributed by atoms with van der Waals surface area (Å²) in [6.07, 6.45) is -4.45. The first kappa shape index (κ1) is 20.5.